The van der Waals surface area contributed by atoms with Crippen LogP contribution in [0.5, 0.6) is 0 Å². The van der Waals surface area contributed by atoms with Gasteiger partial charge in [-0.25, -0.2) is 4.79 Å². The first-order valence-electron chi connectivity index (χ1n) is 6.49. The summed E-state index contributed by atoms with van der Waals surface area (Å²) in [5.41, 5.74) is 7.56. The van der Waals surface area contributed by atoms with Gasteiger partial charge in [-0.05, 0) is 37.0 Å². The van der Waals surface area contributed by atoms with E-state index >= 15 is 0 Å². The van der Waals surface area contributed by atoms with Crippen molar-refractivity contribution in [1.82, 2.24) is 0 Å². The maximum atomic E-state index is 11.0. The molecule has 2 rings (SSSR count). The lowest BCUT2D eigenvalue weighted by molar-refractivity contribution is 0.0576. The molecule has 1 atom stereocenters. The first-order chi connectivity index (χ1) is 9.08. The quantitative estimate of drug-likeness (QED) is 0.811. The van der Waals surface area contributed by atoms with Crippen LogP contribution in [-0.2, 0) is 4.74 Å². The van der Waals surface area contributed by atoms with E-state index in [0.717, 1.165) is 38.3 Å². The molecule has 1 unspecified atom stereocenters. The number of carboxylic acids is 1. The van der Waals surface area contributed by atoms with E-state index in [1.54, 1.807) is 12.1 Å². The molecule has 0 amide bonds. The maximum absolute atomic E-state index is 11.0. The number of anilines is 2. The van der Waals surface area contributed by atoms with E-state index in [1.807, 2.05) is 11.9 Å². The van der Waals surface area contributed by atoms with E-state index in [-0.39, 0.29) is 5.56 Å². The van der Waals surface area contributed by atoms with E-state index in [1.165, 1.54) is 6.07 Å². The van der Waals surface area contributed by atoms with E-state index in [4.69, 9.17) is 15.6 Å². The molecule has 1 aromatic rings. The van der Waals surface area contributed by atoms with Gasteiger partial charge in [-0.3, -0.25) is 0 Å². The summed E-state index contributed by atoms with van der Waals surface area (Å²) in [7, 11) is 1.94. The summed E-state index contributed by atoms with van der Waals surface area (Å²) in [5.74, 6) is -0.456. The molecule has 0 spiro atoms. The van der Waals surface area contributed by atoms with E-state index in [2.05, 4.69) is 0 Å². The molecule has 19 heavy (non-hydrogen) atoms. The topological polar surface area (TPSA) is 75.8 Å². The zero-order valence-electron chi connectivity index (χ0n) is 11.1. The lowest BCUT2D eigenvalue weighted by Gasteiger charge is -2.29. The molecule has 1 aliphatic heterocycles. The van der Waals surface area contributed by atoms with Gasteiger partial charge in [0, 0.05) is 20.2 Å². The Bertz CT molecular complexity index is 456. The fourth-order valence-corrected chi connectivity index (χ4v) is 2.44. The van der Waals surface area contributed by atoms with Crippen molar-refractivity contribution in [3.8, 4) is 0 Å². The van der Waals surface area contributed by atoms with Gasteiger partial charge in [0.2, 0.25) is 0 Å². The summed E-state index contributed by atoms with van der Waals surface area (Å²) in [6.45, 7) is 2.44. The van der Waals surface area contributed by atoms with Gasteiger partial charge in [-0.15, -0.1) is 0 Å². The van der Waals surface area contributed by atoms with Crippen molar-refractivity contribution in [3.63, 3.8) is 0 Å². The second kappa shape index (κ2) is 5.93. The number of nitrogens with zero attached hydrogens (tertiary/aromatic N) is 1. The summed E-state index contributed by atoms with van der Waals surface area (Å²) in [6, 6.07) is 4.80. The molecule has 5 nitrogen and oxygen atoms in total. The van der Waals surface area contributed by atoms with Crippen LogP contribution in [0.2, 0.25) is 0 Å². The summed E-state index contributed by atoms with van der Waals surface area (Å²) < 4.78 is 5.46. The summed E-state index contributed by atoms with van der Waals surface area (Å²) >= 11 is 0. The molecule has 0 aliphatic carbocycles. The van der Waals surface area contributed by atoms with Crippen molar-refractivity contribution < 1.29 is 14.6 Å². The molecule has 0 radical (unpaired) electrons. The fraction of sp³-hybridized carbons (Fsp3) is 0.500. The number of hydrogen-bond acceptors (Lipinski definition) is 4. The third kappa shape index (κ3) is 3.38. The molecule has 1 aromatic carbocycles. The van der Waals surface area contributed by atoms with Gasteiger partial charge >= 0.3 is 5.97 Å². The minimum atomic E-state index is -0.935. The molecular weight excluding hydrogens is 244 g/mol. The molecule has 1 heterocycles. The molecule has 1 aliphatic rings. The van der Waals surface area contributed by atoms with Gasteiger partial charge in [-0.2, -0.15) is 0 Å². The van der Waals surface area contributed by atoms with Gasteiger partial charge in [0.25, 0.3) is 0 Å². The van der Waals surface area contributed by atoms with E-state index < -0.39 is 5.97 Å². The number of aromatic carboxylic acids is 1. The molecule has 0 aromatic heterocycles. The Balaban J connectivity index is 2.10. The number of nitrogen functional groups attached to an aromatic ring is 1. The number of nitrogens with two attached hydrogens (primary N) is 1. The van der Waals surface area contributed by atoms with E-state index in [9.17, 15) is 4.79 Å². The van der Waals surface area contributed by atoms with Gasteiger partial charge < -0.3 is 20.5 Å². The highest BCUT2D eigenvalue weighted by atomic mass is 16.5. The van der Waals surface area contributed by atoms with Crippen LogP contribution in [0.4, 0.5) is 11.4 Å². The van der Waals surface area contributed by atoms with Crippen LogP contribution in [0.15, 0.2) is 18.2 Å². The van der Waals surface area contributed by atoms with Crippen LogP contribution >= 0.6 is 0 Å². The first-order valence-corrected chi connectivity index (χ1v) is 6.49. The Morgan fingerprint density at radius 1 is 1.58 bits per heavy atom. The standard InChI is InChI=1S/C14H20N2O3/c1-16(8-10-3-2-6-19-9-10)13-7-11(14(17)18)4-5-12(13)15/h4-5,7,10H,2-3,6,8-9,15H2,1H3,(H,17,18). The number of carboxylic acid groups (broad SMARTS) is 1. The van der Waals surface area contributed by atoms with Crippen LogP contribution in [0.1, 0.15) is 23.2 Å². The Morgan fingerprint density at radius 3 is 3.00 bits per heavy atom. The predicted molar refractivity (Wildman–Crippen MR) is 74.6 cm³/mol. The molecule has 1 fully saturated rings. The highest BCUT2D eigenvalue weighted by molar-refractivity contribution is 5.90. The van der Waals surface area contributed by atoms with Crippen molar-refractivity contribution >= 4 is 17.3 Å². The van der Waals surface area contributed by atoms with Crippen molar-refractivity contribution in [2.24, 2.45) is 5.92 Å². The molecule has 104 valence electrons. The minimum absolute atomic E-state index is 0.260. The molecular formula is C14H20N2O3. The normalized spacial score (nSPS) is 19.1. The smallest absolute Gasteiger partial charge is 0.335 e. The predicted octanol–water partition coefficient (Wildman–Crippen LogP) is 1.83. The second-order valence-corrected chi connectivity index (χ2v) is 5.04. The van der Waals surface area contributed by atoms with Crippen LogP contribution in [0.25, 0.3) is 0 Å². The van der Waals surface area contributed by atoms with E-state index in [0.29, 0.717) is 11.6 Å². The molecule has 3 N–H and O–H groups in total. The van der Waals surface area contributed by atoms with Gasteiger partial charge in [0.05, 0.1) is 23.5 Å². The Kier molecular flexibility index (Phi) is 4.27. The third-order valence-electron chi connectivity index (χ3n) is 3.48. The second-order valence-electron chi connectivity index (χ2n) is 5.04. The zero-order chi connectivity index (χ0) is 13.8. The average molecular weight is 264 g/mol. The number of ether oxygens (including phenoxy) is 1. The number of hydrogen-bond donors (Lipinski definition) is 2. The first kappa shape index (κ1) is 13.7. The molecule has 0 bridgehead atoms. The lowest BCUT2D eigenvalue weighted by Crippen LogP contribution is -2.31. The van der Waals surface area contributed by atoms with Crippen molar-refractivity contribution in [2.75, 3.05) is 37.4 Å². The molecule has 1 saturated heterocycles. The van der Waals surface area contributed by atoms with Gasteiger partial charge in [-0.1, -0.05) is 0 Å². The fourth-order valence-electron chi connectivity index (χ4n) is 2.44. The van der Waals surface area contributed by atoms with Crippen molar-refractivity contribution in [2.45, 2.75) is 12.8 Å². The van der Waals surface area contributed by atoms with Crippen LogP contribution in [0.3, 0.4) is 0 Å². The summed E-state index contributed by atoms with van der Waals surface area (Å²) in [4.78, 5) is 13.0. The molecule has 5 heteroatoms. The zero-order valence-corrected chi connectivity index (χ0v) is 11.1. The lowest BCUT2D eigenvalue weighted by atomic mass is 10.0. The monoisotopic (exact) mass is 264 g/mol. The van der Waals surface area contributed by atoms with Gasteiger partial charge in [0.1, 0.15) is 0 Å². The summed E-state index contributed by atoms with van der Waals surface area (Å²) in [6.07, 6.45) is 2.23. The van der Waals surface area contributed by atoms with Crippen LogP contribution < -0.4 is 10.6 Å². The minimum Gasteiger partial charge on any atom is -0.478 e. The van der Waals surface area contributed by atoms with Crippen LogP contribution in [0, 0.1) is 5.92 Å². The number of benzene rings is 1. The average Bonchev–Trinajstić information content (AvgIpc) is 2.40. The van der Waals surface area contributed by atoms with Crippen molar-refractivity contribution in [1.29, 1.82) is 0 Å². The Morgan fingerprint density at radius 2 is 2.37 bits per heavy atom. The van der Waals surface area contributed by atoms with Crippen LogP contribution in [-0.4, -0.2) is 37.9 Å². The number of rotatable bonds is 4. The highest BCUT2D eigenvalue weighted by Crippen LogP contribution is 2.26. The van der Waals surface area contributed by atoms with Gasteiger partial charge in [0.15, 0.2) is 0 Å². The SMILES string of the molecule is CN(CC1CCCOC1)c1cc(C(=O)O)ccc1N. The Labute approximate surface area is 113 Å². The molecule has 0 saturated carbocycles. The Hall–Kier alpha value is -1.75. The largest absolute Gasteiger partial charge is 0.478 e. The third-order valence-corrected chi connectivity index (χ3v) is 3.48. The number of carbonyl (C=O) groups is 1. The highest BCUT2D eigenvalue weighted by Gasteiger charge is 2.18. The summed E-state index contributed by atoms with van der Waals surface area (Å²) in [5, 5.41) is 9.02. The maximum Gasteiger partial charge on any atom is 0.335 e. The van der Waals surface area contributed by atoms with Crippen molar-refractivity contribution in [3.05, 3.63) is 23.8 Å².